The van der Waals surface area contributed by atoms with Crippen molar-refractivity contribution in [3.05, 3.63) is 29.6 Å². The molecule has 1 aliphatic heterocycles. The van der Waals surface area contributed by atoms with E-state index in [1.54, 1.807) is 6.07 Å². The molecule has 4 heteroatoms. The van der Waals surface area contributed by atoms with Crippen LogP contribution >= 0.6 is 0 Å². The van der Waals surface area contributed by atoms with E-state index in [0.717, 1.165) is 30.8 Å². The van der Waals surface area contributed by atoms with Gasteiger partial charge in [0.1, 0.15) is 5.82 Å². The summed E-state index contributed by atoms with van der Waals surface area (Å²) in [4.78, 5) is 4.45. The van der Waals surface area contributed by atoms with Gasteiger partial charge in [0, 0.05) is 31.4 Å². The van der Waals surface area contributed by atoms with E-state index in [4.69, 9.17) is 5.73 Å². The van der Waals surface area contributed by atoms with Crippen LogP contribution in [0.4, 0.5) is 10.1 Å². The molecule has 1 fully saturated rings. The number of halogens is 1. The van der Waals surface area contributed by atoms with E-state index in [1.165, 1.54) is 6.07 Å². The third-order valence-electron chi connectivity index (χ3n) is 3.44. The minimum atomic E-state index is -0.198. The van der Waals surface area contributed by atoms with Gasteiger partial charge < -0.3 is 15.5 Å². The highest BCUT2D eigenvalue weighted by molar-refractivity contribution is 5.50. The zero-order chi connectivity index (χ0) is 12.4. The first-order chi connectivity index (χ1) is 8.10. The standard InChI is InChI=1S/C13H20FN3/c1-16(2)12-3-4-17(9-12)13-6-10(8-15)5-11(14)7-13/h5-7,12H,3-4,8-9,15H2,1-2H3. The molecule has 0 aliphatic carbocycles. The van der Waals surface area contributed by atoms with Gasteiger partial charge in [-0.05, 0) is 44.3 Å². The highest BCUT2D eigenvalue weighted by Gasteiger charge is 2.24. The molecule has 0 spiro atoms. The second-order valence-corrected chi connectivity index (χ2v) is 4.87. The average molecular weight is 237 g/mol. The molecule has 1 aliphatic rings. The van der Waals surface area contributed by atoms with Gasteiger partial charge in [0.2, 0.25) is 0 Å². The van der Waals surface area contributed by atoms with Gasteiger partial charge in [0.25, 0.3) is 0 Å². The molecule has 0 saturated carbocycles. The molecule has 0 aromatic heterocycles. The molecule has 1 saturated heterocycles. The summed E-state index contributed by atoms with van der Waals surface area (Å²) in [5.74, 6) is -0.198. The van der Waals surface area contributed by atoms with Gasteiger partial charge in [-0.2, -0.15) is 0 Å². The lowest BCUT2D eigenvalue weighted by Crippen LogP contribution is -2.31. The highest BCUT2D eigenvalue weighted by Crippen LogP contribution is 2.24. The van der Waals surface area contributed by atoms with Gasteiger partial charge in [-0.1, -0.05) is 0 Å². The molecule has 3 nitrogen and oxygen atoms in total. The van der Waals surface area contributed by atoms with Crippen LogP contribution in [0.5, 0.6) is 0 Å². The maximum Gasteiger partial charge on any atom is 0.125 e. The van der Waals surface area contributed by atoms with Gasteiger partial charge in [-0.25, -0.2) is 4.39 Å². The number of nitrogens with zero attached hydrogens (tertiary/aromatic N) is 2. The molecule has 2 rings (SSSR count). The summed E-state index contributed by atoms with van der Waals surface area (Å²) in [5, 5.41) is 0. The van der Waals surface area contributed by atoms with Crippen molar-refractivity contribution in [2.24, 2.45) is 5.73 Å². The first-order valence-electron chi connectivity index (χ1n) is 6.01. The van der Waals surface area contributed by atoms with Crippen molar-refractivity contribution in [1.82, 2.24) is 4.90 Å². The SMILES string of the molecule is CN(C)C1CCN(c2cc(F)cc(CN)c2)C1. The van der Waals surface area contributed by atoms with Crippen molar-refractivity contribution >= 4 is 5.69 Å². The molecule has 2 N–H and O–H groups in total. The normalized spacial score (nSPS) is 20.3. The third kappa shape index (κ3) is 2.76. The Labute approximate surface area is 102 Å². The number of hydrogen-bond donors (Lipinski definition) is 1. The van der Waals surface area contributed by atoms with Crippen molar-refractivity contribution in [3.8, 4) is 0 Å². The Morgan fingerprint density at radius 2 is 2.18 bits per heavy atom. The van der Waals surface area contributed by atoms with Gasteiger partial charge in [-0.15, -0.1) is 0 Å². The first kappa shape index (κ1) is 12.3. The van der Waals surface area contributed by atoms with Crippen molar-refractivity contribution in [2.75, 3.05) is 32.1 Å². The van der Waals surface area contributed by atoms with Crippen molar-refractivity contribution in [1.29, 1.82) is 0 Å². The van der Waals surface area contributed by atoms with Crippen LogP contribution in [-0.2, 0) is 6.54 Å². The Morgan fingerprint density at radius 1 is 1.41 bits per heavy atom. The van der Waals surface area contributed by atoms with Crippen LogP contribution in [0.2, 0.25) is 0 Å². The third-order valence-corrected chi connectivity index (χ3v) is 3.44. The lowest BCUT2D eigenvalue weighted by Gasteiger charge is -2.22. The molecule has 0 amide bonds. The summed E-state index contributed by atoms with van der Waals surface area (Å²) in [6.45, 7) is 2.33. The molecular formula is C13H20FN3. The van der Waals surface area contributed by atoms with Gasteiger partial charge in [-0.3, -0.25) is 0 Å². The predicted octanol–water partition coefficient (Wildman–Crippen LogP) is 1.42. The van der Waals surface area contributed by atoms with Crippen LogP contribution in [-0.4, -0.2) is 38.1 Å². The summed E-state index contributed by atoms with van der Waals surface area (Å²) in [6.07, 6.45) is 1.13. The number of likely N-dealkylation sites (N-methyl/N-ethyl adjacent to an activating group) is 1. The minimum Gasteiger partial charge on any atom is -0.370 e. The summed E-state index contributed by atoms with van der Waals surface area (Å²) < 4.78 is 13.4. The molecule has 17 heavy (non-hydrogen) atoms. The molecule has 1 atom stereocenters. The second kappa shape index (κ2) is 5.02. The Bertz CT molecular complexity index is 392. The summed E-state index contributed by atoms with van der Waals surface area (Å²) in [5.41, 5.74) is 7.38. The monoisotopic (exact) mass is 237 g/mol. The van der Waals surface area contributed by atoms with Crippen LogP contribution in [0.15, 0.2) is 18.2 Å². The van der Waals surface area contributed by atoms with Gasteiger partial charge in [0.15, 0.2) is 0 Å². The van der Waals surface area contributed by atoms with E-state index in [0.29, 0.717) is 12.6 Å². The lowest BCUT2D eigenvalue weighted by atomic mass is 10.2. The average Bonchev–Trinajstić information content (AvgIpc) is 2.77. The Kier molecular flexibility index (Phi) is 3.64. The lowest BCUT2D eigenvalue weighted by molar-refractivity contribution is 0.315. The molecule has 1 unspecified atom stereocenters. The zero-order valence-corrected chi connectivity index (χ0v) is 10.5. The van der Waals surface area contributed by atoms with Crippen molar-refractivity contribution in [3.63, 3.8) is 0 Å². The van der Waals surface area contributed by atoms with Crippen molar-refractivity contribution in [2.45, 2.75) is 19.0 Å². The van der Waals surface area contributed by atoms with E-state index in [1.807, 2.05) is 6.07 Å². The first-order valence-corrected chi connectivity index (χ1v) is 6.01. The Morgan fingerprint density at radius 3 is 2.76 bits per heavy atom. The molecule has 1 aromatic rings. The summed E-state index contributed by atoms with van der Waals surface area (Å²) >= 11 is 0. The van der Waals surface area contributed by atoms with Gasteiger partial charge >= 0.3 is 0 Å². The number of nitrogens with two attached hydrogens (primary N) is 1. The minimum absolute atomic E-state index is 0.198. The number of rotatable bonds is 3. The fourth-order valence-electron chi connectivity index (χ4n) is 2.33. The zero-order valence-electron chi connectivity index (χ0n) is 10.5. The van der Waals surface area contributed by atoms with E-state index >= 15 is 0 Å². The fourth-order valence-corrected chi connectivity index (χ4v) is 2.33. The van der Waals surface area contributed by atoms with E-state index in [2.05, 4.69) is 23.9 Å². The molecule has 0 bridgehead atoms. The topological polar surface area (TPSA) is 32.5 Å². The molecule has 1 aromatic carbocycles. The second-order valence-electron chi connectivity index (χ2n) is 4.87. The summed E-state index contributed by atoms with van der Waals surface area (Å²) in [6, 6.07) is 5.64. The van der Waals surface area contributed by atoms with Crippen molar-refractivity contribution < 1.29 is 4.39 Å². The van der Waals surface area contributed by atoms with E-state index in [9.17, 15) is 4.39 Å². The molecule has 1 heterocycles. The summed E-state index contributed by atoms with van der Waals surface area (Å²) in [7, 11) is 4.18. The fraction of sp³-hybridized carbons (Fsp3) is 0.538. The van der Waals surface area contributed by atoms with E-state index < -0.39 is 0 Å². The molecular weight excluding hydrogens is 217 g/mol. The largest absolute Gasteiger partial charge is 0.370 e. The van der Waals surface area contributed by atoms with Gasteiger partial charge in [0.05, 0.1) is 0 Å². The number of benzene rings is 1. The number of hydrogen-bond acceptors (Lipinski definition) is 3. The molecule has 94 valence electrons. The Hall–Kier alpha value is -1.13. The van der Waals surface area contributed by atoms with Crippen LogP contribution in [0, 0.1) is 5.82 Å². The van der Waals surface area contributed by atoms with Crippen LogP contribution in [0.1, 0.15) is 12.0 Å². The highest BCUT2D eigenvalue weighted by atomic mass is 19.1. The van der Waals surface area contributed by atoms with Crippen LogP contribution < -0.4 is 10.6 Å². The quantitative estimate of drug-likeness (QED) is 0.863. The molecule has 0 radical (unpaired) electrons. The van der Waals surface area contributed by atoms with E-state index in [-0.39, 0.29) is 5.82 Å². The smallest absolute Gasteiger partial charge is 0.125 e. The maximum atomic E-state index is 13.4. The maximum absolute atomic E-state index is 13.4. The van der Waals surface area contributed by atoms with Crippen LogP contribution in [0.3, 0.4) is 0 Å². The Balaban J connectivity index is 2.15. The number of anilines is 1. The van der Waals surface area contributed by atoms with Crippen LogP contribution in [0.25, 0.3) is 0 Å². The predicted molar refractivity (Wildman–Crippen MR) is 68.6 cm³/mol.